The van der Waals surface area contributed by atoms with Crippen molar-refractivity contribution in [2.75, 3.05) is 0 Å². The van der Waals surface area contributed by atoms with Crippen molar-refractivity contribution in [2.45, 2.75) is 39.5 Å². The molecule has 0 saturated carbocycles. The molecule has 0 radical (unpaired) electrons. The molecule has 3 N–H and O–H groups in total. The molecule has 84 valence electrons. The maximum Gasteiger partial charge on any atom is 0.277 e. The van der Waals surface area contributed by atoms with Gasteiger partial charge in [0.25, 0.3) is 5.91 Å². The first-order chi connectivity index (χ1) is 7.10. The van der Waals surface area contributed by atoms with Gasteiger partial charge in [-0.15, -0.1) is 11.3 Å². The second kappa shape index (κ2) is 5.23. The number of nitrogens with two attached hydrogens (primary N) is 1. The van der Waals surface area contributed by atoms with Crippen molar-refractivity contribution in [3.05, 3.63) is 15.6 Å². The normalized spacial score (nSPS) is 10.7. The maximum atomic E-state index is 11.5. The fourth-order valence-corrected chi connectivity index (χ4v) is 2.28. The van der Waals surface area contributed by atoms with Crippen LogP contribution in [0.25, 0.3) is 0 Å². The zero-order valence-corrected chi connectivity index (χ0v) is 10.1. The summed E-state index contributed by atoms with van der Waals surface area (Å²) in [6, 6.07) is 0. The predicted molar refractivity (Wildman–Crippen MR) is 61.9 cm³/mol. The van der Waals surface area contributed by atoms with Crippen molar-refractivity contribution in [2.24, 2.45) is 5.84 Å². The number of aromatic nitrogens is 1. The lowest BCUT2D eigenvalue weighted by Gasteiger charge is -1.97. The number of nitrogens with zero attached hydrogens (tertiary/aromatic N) is 1. The van der Waals surface area contributed by atoms with Gasteiger partial charge in [-0.2, -0.15) is 0 Å². The van der Waals surface area contributed by atoms with Gasteiger partial charge in [0, 0.05) is 5.92 Å². The Hall–Kier alpha value is -0.940. The Bertz CT molecular complexity index is 346. The summed E-state index contributed by atoms with van der Waals surface area (Å²) in [5.41, 5.74) is 3.03. The van der Waals surface area contributed by atoms with Crippen LogP contribution in [-0.4, -0.2) is 10.9 Å². The largest absolute Gasteiger partial charge is 0.289 e. The van der Waals surface area contributed by atoms with E-state index in [0.29, 0.717) is 10.8 Å². The van der Waals surface area contributed by atoms with Crippen LogP contribution in [0.15, 0.2) is 0 Å². The third kappa shape index (κ3) is 2.76. The molecule has 0 aromatic carbocycles. The van der Waals surface area contributed by atoms with Crippen LogP contribution in [0.5, 0.6) is 0 Å². The summed E-state index contributed by atoms with van der Waals surface area (Å²) in [4.78, 5) is 16.6. The van der Waals surface area contributed by atoms with Gasteiger partial charge < -0.3 is 0 Å². The Morgan fingerprint density at radius 2 is 2.27 bits per heavy atom. The van der Waals surface area contributed by atoms with Crippen LogP contribution in [-0.2, 0) is 6.42 Å². The summed E-state index contributed by atoms with van der Waals surface area (Å²) in [6.07, 6.45) is 1.80. The quantitative estimate of drug-likeness (QED) is 0.468. The number of aryl methyl sites for hydroxylation is 1. The van der Waals surface area contributed by atoms with Gasteiger partial charge in [-0.05, 0) is 6.42 Å². The Balaban J connectivity index is 3.05. The molecule has 0 aliphatic heterocycles. The number of hydrazine groups is 1. The van der Waals surface area contributed by atoms with E-state index in [1.54, 1.807) is 0 Å². The standard InChI is InChI=1S/C10H17N3OS/c1-4-5-7-8(9(14)13-11)15-10(12-7)6(2)3/h6H,4-5,11H2,1-3H3,(H,13,14). The van der Waals surface area contributed by atoms with E-state index in [1.165, 1.54) is 11.3 Å². The van der Waals surface area contributed by atoms with Crippen LogP contribution < -0.4 is 11.3 Å². The minimum atomic E-state index is -0.233. The summed E-state index contributed by atoms with van der Waals surface area (Å²) in [5.74, 6) is 5.25. The zero-order chi connectivity index (χ0) is 11.4. The van der Waals surface area contributed by atoms with Crippen LogP contribution in [0.1, 0.15) is 53.5 Å². The molecular formula is C10H17N3OS. The Morgan fingerprint density at radius 3 is 2.73 bits per heavy atom. The first-order valence-corrected chi connectivity index (χ1v) is 5.92. The van der Waals surface area contributed by atoms with Gasteiger partial charge in [-0.3, -0.25) is 10.2 Å². The van der Waals surface area contributed by atoms with E-state index in [1.807, 2.05) is 0 Å². The summed E-state index contributed by atoms with van der Waals surface area (Å²) < 4.78 is 0. The zero-order valence-electron chi connectivity index (χ0n) is 9.33. The van der Waals surface area contributed by atoms with E-state index >= 15 is 0 Å². The van der Waals surface area contributed by atoms with E-state index in [9.17, 15) is 4.79 Å². The number of carbonyl (C=O) groups excluding carboxylic acids is 1. The van der Waals surface area contributed by atoms with E-state index < -0.39 is 0 Å². The highest BCUT2D eigenvalue weighted by Crippen LogP contribution is 2.25. The molecule has 0 saturated heterocycles. The van der Waals surface area contributed by atoms with Crippen molar-refractivity contribution < 1.29 is 4.79 Å². The topological polar surface area (TPSA) is 68.0 Å². The summed E-state index contributed by atoms with van der Waals surface area (Å²) >= 11 is 1.44. The molecule has 0 atom stereocenters. The number of rotatable bonds is 4. The third-order valence-electron chi connectivity index (χ3n) is 2.03. The molecular weight excluding hydrogens is 210 g/mol. The first kappa shape index (κ1) is 12.1. The predicted octanol–water partition coefficient (Wildman–Crippen LogP) is 1.82. The molecule has 1 aromatic rings. The smallest absolute Gasteiger partial charge is 0.277 e. The molecule has 5 heteroatoms. The number of amides is 1. The fourth-order valence-electron chi connectivity index (χ4n) is 1.27. The molecule has 0 unspecified atom stereocenters. The summed E-state index contributed by atoms with van der Waals surface area (Å²) in [6.45, 7) is 6.20. The molecule has 0 spiro atoms. The number of hydrogen-bond acceptors (Lipinski definition) is 4. The molecule has 1 amide bonds. The van der Waals surface area contributed by atoms with Gasteiger partial charge >= 0.3 is 0 Å². The minimum Gasteiger partial charge on any atom is -0.289 e. The highest BCUT2D eigenvalue weighted by molar-refractivity contribution is 7.13. The highest BCUT2D eigenvalue weighted by atomic mass is 32.1. The molecule has 0 fully saturated rings. The summed E-state index contributed by atoms with van der Waals surface area (Å²) in [5, 5.41) is 0.997. The van der Waals surface area contributed by atoms with Crippen molar-refractivity contribution in [3.63, 3.8) is 0 Å². The first-order valence-electron chi connectivity index (χ1n) is 5.10. The van der Waals surface area contributed by atoms with Crippen LogP contribution in [0, 0.1) is 0 Å². The SMILES string of the molecule is CCCc1nc(C(C)C)sc1C(=O)NN. The van der Waals surface area contributed by atoms with Gasteiger partial charge in [0.15, 0.2) is 0 Å². The van der Waals surface area contributed by atoms with Gasteiger partial charge in [0.2, 0.25) is 0 Å². The number of hydrogen-bond donors (Lipinski definition) is 2. The minimum absolute atomic E-state index is 0.233. The molecule has 15 heavy (non-hydrogen) atoms. The lowest BCUT2D eigenvalue weighted by Crippen LogP contribution is -2.30. The number of carbonyl (C=O) groups is 1. The van der Waals surface area contributed by atoms with Crippen molar-refractivity contribution in [3.8, 4) is 0 Å². The van der Waals surface area contributed by atoms with Crippen LogP contribution in [0.2, 0.25) is 0 Å². The van der Waals surface area contributed by atoms with E-state index in [4.69, 9.17) is 5.84 Å². The highest BCUT2D eigenvalue weighted by Gasteiger charge is 2.17. The van der Waals surface area contributed by atoms with E-state index in [-0.39, 0.29) is 5.91 Å². The van der Waals surface area contributed by atoms with Crippen LogP contribution >= 0.6 is 11.3 Å². The van der Waals surface area contributed by atoms with Crippen molar-refractivity contribution in [1.29, 1.82) is 0 Å². The van der Waals surface area contributed by atoms with Crippen molar-refractivity contribution >= 4 is 17.2 Å². The molecule has 0 aliphatic rings. The van der Waals surface area contributed by atoms with Gasteiger partial charge in [-0.25, -0.2) is 10.8 Å². The van der Waals surface area contributed by atoms with Gasteiger partial charge in [0.1, 0.15) is 4.88 Å². The van der Waals surface area contributed by atoms with Crippen LogP contribution in [0.4, 0.5) is 0 Å². The maximum absolute atomic E-state index is 11.5. The average molecular weight is 227 g/mol. The Labute approximate surface area is 93.9 Å². The average Bonchev–Trinajstić information content (AvgIpc) is 2.61. The van der Waals surface area contributed by atoms with E-state index in [0.717, 1.165) is 23.5 Å². The molecule has 0 aliphatic carbocycles. The van der Waals surface area contributed by atoms with Gasteiger partial charge in [0.05, 0.1) is 10.7 Å². The second-order valence-corrected chi connectivity index (χ2v) is 4.74. The number of nitrogens with one attached hydrogen (secondary N) is 1. The van der Waals surface area contributed by atoms with Gasteiger partial charge in [-0.1, -0.05) is 27.2 Å². The Morgan fingerprint density at radius 1 is 1.60 bits per heavy atom. The lowest BCUT2D eigenvalue weighted by molar-refractivity contribution is 0.0956. The number of thiazole rings is 1. The molecule has 0 bridgehead atoms. The molecule has 4 nitrogen and oxygen atoms in total. The Kier molecular flexibility index (Phi) is 4.23. The molecule has 1 heterocycles. The second-order valence-electron chi connectivity index (χ2n) is 3.71. The van der Waals surface area contributed by atoms with Crippen LogP contribution in [0.3, 0.4) is 0 Å². The van der Waals surface area contributed by atoms with Crippen molar-refractivity contribution in [1.82, 2.24) is 10.4 Å². The monoisotopic (exact) mass is 227 g/mol. The molecule has 1 aromatic heterocycles. The summed E-state index contributed by atoms with van der Waals surface area (Å²) in [7, 11) is 0. The third-order valence-corrected chi connectivity index (χ3v) is 3.43. The number of nitrogen functional groups attached to an aromatic ring is 1. The van der Waals surface area contributed by atoms with E-state index in [2.05, 4.69) is 31.2 Å². The fraction of sp³-hybridized carbons (Fsp3) is 0.600. The lowest BCUT2D eigenvalue weighted by atomic mass is 10.2. The molecule has 1 rings (SSSR count).